The number of rotatable bonds is 5. The fourth-order valence-electron chi connectivity index (χ4n) is 3.71. The summed E-state index contributed by atoms with van der Waals surface area (Å²) in [6.45, 7) is 2.48. The number of aromatic nitrogens is 3. The van der Waals surface area contributed by atoms with E-state index in [0.29, 0.717) is 33.7 Å². The lowest BCUT2D eigenvalue weighted by atomic mass is 10.1. The van der Waals surface area contributed by atoms with Crippen molar-refractivity contribution in [2.45, 2.75) is 13.5 Å². The number of oxazole rings is 1. The Labute approximate surface area is 194 Å². The summed E-state index contributed by atoms with van der Waals surface area (Å²) in [5.41, 5.74) is 4.00. The van der Waals surface area contributed by atoms with Crippen LogP contribution in [-0.2, 0) is 6.54 Å². The summed E-state index contributed by atoms with van der Waals surface area (Å²) in [5, 5.41) is 1.79. The molecule has 0 aliphatic carbocycles. The van der Waals surface area contributed by atoms with Crippen molar-refractivity contribution in [2.24, 2.45) is 0 Å². The third kappa shape index (κ3) is 3.70. The summed E-state index contributed by atoms with van der Waals surface area (Å²) in [6, 6.07) is 17.1. The third-order valence-corrected chi connectivity index (χ3v) is 5.92. The van der Waals surface area contributed by atoms with Crippen molar-refractivity contribution in [3.05, 3.63) is 106 Å². The average Bonchev–Trinajstić information content (AvgIpc) is 3.39. The predicted molar refractivity (Wildman–Crippen MR) is 125 cm³/mol. The predicted octanol–water partition coefficient (Wildman–Crippen LogP) is 6.59. The molecule has 0 unspecified atom stereocenters. The van der Waals surface area contributed by atoms with Crippen LogP contribution in [0, 0.1) is 6.92 Å². The van der Waals surface area contributed by atoms with Gasteiger partial charge in [0.1, 0.15) is 5.15 Å². The molecule has 3 heterocycles. The monoisotopic (exact) mass is 461 g/mol. The second-order valence-corrected chi connectivity index (χ2v) is 8.29. The second-order valence-electron chi connectivity index (χ2n) is 7.50. The highest BCUT2D eigenvalue weighted by Gasteiger charge is 2.25. The van der Waals surface area contributed by atoms with Crippen LogP contribution in [0.2, 0.25) is 10.2 Å². The fourth-order valence-corrected chi connectivity index (χ4v) is 4.17. The van der Waals surface area contributed by atoms with Crippen LogP contribution in [0.25, 0.3) is 22.4 Å². The summed E-state index contributed by atoms with van der Waals surface area (Å²) in [7, 11) is 0. The average molecular weight is 462 g/mol. The van der Waals surface area contributed by atoms with Crippen LogP contribution in [0.15, 0.2) is 77.6 Å². The Kier molecular flexibility index (Phi) is 5.29. The zero-order chi connectivity index (χ0) is 22.2. The molecule has 3 aromatic heterocycles. The van der Waals surface area contributed by atoms with Gasteiger partial charge in [-0.05, 0) is 48.9 Å². The van der Waals surface area contributed by atoms with E-state index in [1.54, 1.807) is 18.5 Å². The topological polar surface area (TPSA) is 60.9 Å². The lowest BCUT2D eigenvalue weighted by molar-refractivity contribution is 0.101. The number of fused-ring (bicyclic) bond motifs is 1. The molecule has 0 bridgehead atoms. The van der Waals surface area contributed by atoms with Gasteiger partial charge in [-0.2, -0.15) is 0 Å². The summed E-state index contributed by atoms with van der Waals surface area (Å²) < 4.78 is 7.70. The highest BCUT2D eigenvalue weighted by atomic mass is 35.5. The maximum absolute atomic E-state index is 13.5. The molecule has 0 saturated heterocycles. The smallest absolute Gasteiger partial charge is 0.233 e. The second kappa shape index (κ2) is 8.26. The number of pyridine rings is 1. The molecule has 7 heteroatoms. The number of hydrogen-bond acceptors (Lipinski definition) is 4. The molecule has 2 aromatic carbocycles. The molecule has 158 valence electrons. The van der Waals surface area contributed by atoms with Gasteiger partial charge < -0.3 is 8.98 Å². The zero-order valence-corrected chi connectivity index (χ0v) is 18.6. The number of benzene rings is 2. The highest BCUT2D eigenvalue weighted by molar-refractivity contribution is 6.37. The SMILES string of the molecule is Cc1ccc2c(c1)c(C(=O)c1cnc(-c3cccnc3)o1)c(Cl)n2Cc1ccc(Cl)cc1. The lowest BCUT2D eigenvalue weighted by Crippen LogP contribution is -2.03. The minimum absolute atomic E-state index is 0.123. The lowest BCUT2D eigenvalue weighted by Gasteiger charge is -2.08. The molecule has 5 nitrogen and oxygen atoms in total. The molecule has 0 spiro atoms. The van der Waals surface area contributed by atoms with E-state index in [1.807, 2.05) is 60.0 Å². The van der Waals surface area contributed by atoms with Crippen molar-refractivity contribution in [3.8, 4) is 11.5 Å². The Morgan fingerprint density at radius 1 is 1.06 bits per heavy atom. The normalized spacial score (nSPS) is 11.2. The molecule has 0 fully saturated rings. The molecule has 0 aliphatic rings. The van der Waals surface area contributed by atoms with E-state index in [9.17, 15) is 4.79 Å². The van der Waals surface area contributed by atoms with Crippen LogP contribution < -0.4 is 0 Å². The first-order chi connectivity index (χ1) is 15.5. The van der Waals surface area contributed by atoms with Gasteiger partial charge in [-0.25, -0.2) is 4.98 Å². The van der Waals surface area contributed by atoms with Crippen LogP contribution in [0.4, 0.5) is 0 Å². The molecule has 0 saturated carbocycles. The maximum atomic E-state index is 13.5. The van der Waals surface area contributed by atoms with E-state index in [4.69, 9.17) is 27.6 Å². The minimum Gasteiger partial charge on any atom is -0.433 e. The molecule has 32 heavy (non-hydrogen) atoms. The number of aryl methyl sites for hydroxylation is 1. The van der Waals surface area contributed by atoms with Gasteiger partial charge in [0.15, 0.2) is 5.76 Å². The number of carbonyl (C=O) groups is 1. The van der Waals surface area contributed by atoms with Crippen LogP contribution in [0.3, 0.4) is 0 Å². The molecule has 0 radical (unpaired) electrons. The van der Waals surface area contributed by atoms with Gasteiger partial charge in [-0.15, -0.1) is 0 Å². The van der Waals surface area contributed by atoms with E-state index in [2.05, 4.69) is 9.97 Å². The van der Waals surface area contributed by atoms with Crippen molar-refractivity contribution in [3.63, 3.8) is 0 Å². The number of ketones is 1. The van der Waals surface area contributed by atoms with E-state index < -0.39 is 0 Å². The van der Waals surface area contributed by atoms with E-state index in [0.717, 1.165) is 22.0 Å². The molecule has 5 rings (SSSR count). The molecule has 0 atom stereocenters. The van der Waals surface area contributed by atoms with Crippen LogP contribution in [0.5, 0.6) is 0 Å². The molecular formula is C25H17Cl2N3O2. The van der Waals surface area contributed by atoms with Gasteiger partial charge in [-0.1, -0.05) is 47.0 Å². The van der Waals surface area contributed by atoms with Gasteiger partial charge in [0.05, 0.1) is 22.8 Å². The van der Waals surface area contributed by atoms with Crippen molar-refractivity contribution in [1.29, 1.82) is 0 Å². The Bertz CT molecular complexity index is 1440. The van der Waals surface area contributed by atoms with Crippen molar-refractivity contribution >= 4 is 39.9 Å². The third-order valence-electron chi connectivity index (χ3n) is 5.27. The van der Waals surface area contributed by atoms with Crippen molar-refractivity contribution in [2.75, 3.05) is 0 Å². The van der Waals surface area contributed by atoms with Crippen molar-refractivity contribution < 1.29 is 9.21 Å². The number of nitrogens with zero attached hydrogens (tertiary/aromatic N) is 3. The maximum Gasteiger partial charge on any atom is 0.233 e. The first kappa shape index (κ1) is 20.5. The highest BCUT2D eigenvalue weighted by Crippen LogP contribution is 2.34. The van der Waals surface area contributed by atoms with E-state index in [-0.39, 0.29) is 11.5 Å². The van der Waals surface area contributed by atoms with Crippen molar-refractivity contribution in [1.82, 2.24) is 14.5 Å². The Morgan fingerprint density at radius 3 is 2.62 bits per heavy atom. The summed E-state index contributed by atoms with van der Waals surface area (Å²) >= 11 is 12.8. The zero-order valence-electron chi connectivity index (χ0n) is 17.0. The first-order valence-electron chi connectivity index (χ1n) is 9.95. The summed E-state index contributed by atoms with van der Waals surface area (Å²) in [5.74, 6) is 0.138. The Balaban J connectivity index is 1.60. The molecule has 5 aromatic rings. The van der Waals surface area contributed by atoms with E-state index >= 15 is 0 Å². The van der Waals surface area contributed by atoms with Crippen LogP contribution >= 0.6 is 23.2 Å². The van der Waals surface area contributed by atoms with E-state index in [1.165, 1.54) is 6.20 Å². The first-order valence-corrected chi connectivity index (χ1v) is 10.7. The van der Waals surface area contributed by atoms with Crippen LogP contribution in [-0.4, -0.2) is 20.3 Å². The number of halogens is 2. The Morgan fingerprint density at radius 2 is 1.88 bits per heavy atom. The van der Waals surface area contributed by atoms with Crippen LogP contribution in [0.1, 0.15) is 27.2 Å². The Hall–Kier alpha value is -3.41. The van der Waals surface area contributed by atoms with Gasteiger partial charge in [-0.3, -0.25) is 9.78 Å². The minimum atomic E-state index is -0.317. The van der Waals surface area contributed by atoms with Gasteiger partial charge in [0.25, 0.3) is 0 Å². The fraction of sp³-hybridized carbons (Fsp3) is 0.0800. The van der Waals surface area contributed by atoms with Gasteiger partial charge in [0, 0.05) is 29.3 Å². The largest absolute Gasteiger partial charge is 0.433 e. The standard InChI is InChI=1S/C25H17Cl2N3O2/c1-15-4-9-20-19(11-15)22(24(27)30(20)14-16-5-7-18(26)8-6-16)23(31)21-13-29-25(32-21)17-3-2-10-28-12-17/h2-13H,14H2,1H3. The quantitative estimate of drug-likeness (QED) is 0.277. The molecule has 0 aliphatic heterocycles. The van der Waals surface area contributed by atoms with Gasteiger partial charge >= 0.3 is 0 Å². The summed E-state index contributed by atoms with van der Waals surface area (Å²) in [4.78, 5) is 21.8. The molecule has 0 amide bonds. The molecule has 0 N–H and O–H groups in total. The summed E-state index contributed by atoms with van der Waals surface area (Å²) in [6.07, 6.45) is 4.73. The molecular weight excluding hydrogens is 445 g/mol. The van der Waals surface area contributed by atoms with Gasteiger partial charge in [0.2, 0.25) is 11.7 Å². The number of hydrogen-bond donors (Lipinski definition) is 0. The number of carbonyl (C=O) groups excluding carboxylic acids is 1.